The maximum absolute atomic E-state index is 0. The van der Waals surface area contributed by atoms with Crippen LogP contribution in [0.2, 0.25) is 0 Å². The summed E-state index contributed by atoms with van der Waals surface area (Å²) in [5.74, 6) is 0. The Labute approximate surface area is 2810 Å². The molecule has 0 radical (unpaired) electrons. The molecular weight excluding hydrogens is 2370 g/mol. The van der Waals surface area contributed by atoms with Gasteiger partial charge in [-0.2, -0.15) is 0 Å². The first-order valence-corrected chi connectivity index (χ1v) is 0. The van der Waals surface area contributed by atoms with Crippen LogP contribution < -0.4 is 2870 Å². The molecular formula is H18Na97O9+97. The molecule has 0 aromatic carbocycles. The maximum atomic E-state index is 0. The van der Waals surface area contributed by atoms with Crippen molar-refractivity contribution in [1.82, 2.24) is 0 Å². The van der Waals surface area contributed by atoms with Gasteiger partial charge >= 0.3 is 2870 Å². The third-order valence-corrected chi connectivity index (χ3v) is 0. The van der Waals surface area contributed by atoms with Crippen LogP contribution in [0.5, 0.6) is 0 Å². The summed E-state index contributed by atoms with van der Waals surface area (Å²) in [4.78, 5) is 0. The van der Waals surface area contributed by atoms with Crippen LogP contribution in [0.25, 0.3) is 0 Å². The molecule has 0 saturated heterocycles. The fourth-order valence-corrected chi connectivity index (χ4v) is 0. The van der Waals surface area contributed by atoms with E-state index in [1.807, 2.05) is 0 Å². The van der Waals surface area contributed by atoms with Crippen molar-refractivity contribution >= 4 is 0 Å². The van der Waals surface area contributed by atoms with Gasteiger partial charge in [0.1, 0.15) is 0 Å². The molecule has 0 aliphatic rings. The van der Waals surface area contributed by atoms with Crippen LogP contribution in [0.15, 0.2) is 0 Å². The van der Waals surface area contributed by atoms with Crippen molar-refractivity contribution in [3.05, 3.63) is 0 Å². The van der Waals surface area contributed by atoms with E-state index in [1.165, 1.54) is 0 Å². The Morgan fingerprint density at radius 3 is 0.0189 bits per heavy atom. The topological polar surface area (TPSA) is 284 Å². The van der Waals surface area contributed by atoms with Crippen molar-refractivity contribution in [2.24, 2.45) is 0 Å². The zero-order valence-electron chi connectivity index (χ0n) is 102. The molecule has 0 aromatic rings. The van der Waals surface area contributed by atoms with Gasteiger partial charge in [0.2, 0.25) is 0 Å². The van der Waals surface area contributed by atoms with E-state index in [9.17, 15) is 0 Å². The van der Waals surface area contributed by atoms with E-state index in [-0.39, 0.29) is 2920 Å². The van der Waals surface area contributed by atoms with E-state index in [1.54, 1.807) is 0 Å². The Hall–Kier alpha value is 96.6. The van der Waals surface area contributed by atoms with E-state index in [2.05, 4.69) is 0 Å². The van der Waals surface area contributed by atoms with E-state index < -0.39 is 0 Å². The molecule has 0 bridgehead atoms. The third-order valence-electron chi connectivity index (χ3n) is 0. The van der Waals surface area contributed by atoms with E-state index in [4.69, 9.17) is 0 Å². The summed E-state index contributed by atoms with van der Waals surface area (Å²) >= 11 is 0. The van der Waals surface area contributed by atoms with Crippen LogP contribution in [-0.4, -0.2) is 49.3 Å². The third kappa shape index (κ3) is 856. The Morgan fingerprint density at radius 1 is 0.0189 bits per heavy atom. The molecule has 18 N–H and O–H groups in total. The van der Waals surface area contributed by atoms with Gasteiger partial charge in [0, 0.05) is 0 Å². The van der Waals surface area contributed by atoms with Crippen molar-refractivity contribution in [3.63, 3.8) is 0 Å². The fourth-order valence-electron chi connectivity index (χ4n) is 0. The van der Waals surface area contributed by atoms with Crippen molar-refractivity contribution in [2.45, 2.75) is 0 Å². The molecule has 0 aliphatic carbocycles. The summed E-state index contributed by atoms with van der Waals surface area (Å²) in [5.41, 5.74) is 0. The SMILES string of the molecule is O.O.O.O.O.O.O.O.O.[Na+].[Na+].[Na+].[Na+].[Na+].[Na+].[Na+].[Na+].[Na+].[Na+].[Na+].[Na+].[Na+].[Na+].[Na+].[Na+].[Na+].[Na+].[Na+].[Na+].[Na+].[Na+].[Na+].[Na+].[Na+].[Na+].[Na+].[Na+].[Na+].[Na+].[Na+].[Na+].[Na+].[Na+].[Na+].[Na+].[Na+].[Na+].[Na+].[Na+].[Na+].[Na+].[Na+].[Na+].[Na+].[Na+].[Na+].[Na+].[Na+].[Na+].[Na+].[Na+].[Na+].[Na+].[Na+].[Na+].[Na+].[Na+].[Na+].[Na+].[Na+].[Na+].[Na+].[Na+].[Na+].[Na+].[Na+].[Na+].[Na+].[Na+].[Na+].[Na+].[Na+].[Na+].[Na+].[Na+].[Na+].[Na+].[Na+].[Na+].[Na+].[Na+].[Na+].[Na+].[Na+].[Na+].[Na+].[Na+].[Na+].[Na+].[Na+].[Na+].[Na+].[Na+].[Na+].[Na+].[Na+]. The van der Waals surface area contributed by atoms with Crippen LogP contribution in [0.3, 0.4) is 0 Å². The van der Waals surface area contributed by atoms with Crippen LogP contribution in [0.4, 0.5) is 0 Å². The molecule has 0 heterocycles. The molecule has 72 valence electrons. The summed E-state index contributed by atoms with van der Waals surface area (Å²) < 4.78 is 0. The molecule has 0 atom stereocenters. The van der Waals surface area contributed by atoms with Crippen LogP contribution >= 0.6 is 0 Å². The minimum absolute atomic E-state index is 0. The Kier molecular flexibility index (Phi) is 7230. The molecule has 0 spiro atoms. The molecule has 106 heteroatoms. The second kappa shape index (κ2) is 869. The molecule has 0 saturated carbocycles. The molecule has 0 rings (SSSR count). The molecule has 0 unspecified atom stereocenters. The second-order valence-electron chi connectivity index (χ2n) is 0. The first-order valence-electron chi connectivity index (χ1n) is 0. The normalized spacial score (nSPS) is 0. The molecule has 0 aromatic heterocycles. The minimum atomic E-state index is 0. The standard InChI is InChI=1S/97Na.9H2O/h;;;;;;;;;;;;;;;;;;;;;;;;;;;;;;;;;;;;;;;;;;;;;;;;;;;;;;;;;;;;;;;;;;;;;;;;;;;;;;;;;;;;;;;;;;;;;;;;;9*1H2/q97*+1;;;;;;;;;. The Bertz CT molecular complexity index is 44.4. The summed E-state index contributed by atoms with van der Waals surface area (Å²) in [5, 5.41) is 0. The van der Waals surface area contributed by atoms with Gasteiger partial charge in [0.05, 0.1) is 0 Å². The van der Waals surface area contributed by atoms with Crippen LogP contribution in [0.1, 0.15) is 0 Å². The smallest absolute Gasteiger partial charge is 0.412 e. The average Bonchev–Trinajstić information content (AvgIpc) is 0. The van der Waals surface area contributed by atoms with Crippen LogP contribution in [-0.2, 0) is 0 Å². The van der Waals surface area contributed by atoms with E-state index in [0.717, 1.165) is 0 Å². The summed E-state index contributed by atoms with van der Waals surface area (Å²) in [6.45, 7) is 0. The first kappa shape index (κ1) is 882. The van der Waals surface area contributed by atoms with Gasteiger partial charge < -0.3 is 49.3 Å². The maximum Gasteiger partial charge on any atom is 1.00 e. The Balaban J connectivity index is 0. The van der Waals surface area contributed by atoms with Crippen molar-refractivity contribution in [3.8, 4) is 0 Å². The van der Waals surface area contributed by atoms with Gasteiger partial charge in [-0.25, -0.2) is 0 Å². The van der Waals surface area contributed by atoms with Crippen LogP contribution in [0, 0.1) is 0 Å². The first-order chi connectivity index (χ1) is 0. The monoisotopic (exact) mass is 2390 g/mol. The fraction of sp³-hybridized carbons (Fsp3) is 0. The number of hydrogen-bond acceptors (Lipinski definition) is 0. The van der Waals surface area contributed by atoms with Crippen molar-refractivity contribution < 1.29 is 2920 Å². The molecule has 0 fully saturated rings. The summed E-state index contributed by atoms with van der Waals surface area (Å²) in [6, 6.07) is 0. The van der Waals surface area contributed by atoms with Gasteiger partial charge in [-0.15, -0.1) is 0 Å². The molecule has 0 amide bonds. The average molecular weight is 2390 g/mol. The van der Waals surface area contributed by atoms with Gasteiger partial charge in [-0.1, -0.05) is 0 Å². The van der Waals surface area contributed by atoms with Crippen molar-refractivity contribution in [2.75, 3.05) is 0 Å². The predicted octanol–water partition coefficient (Wildman–Crippen LogP) is -298. The largest absolute Gasteiger partial charge is 1.00 e. The summed E-state index contributed by atoms with van der Waals surface area (Å²) in [6.07, 6.45) is 0. The van der Waals surface area contributed by atoms with Crippen molar-refractivity contribution in [1.29, 1.82) is 0 Å². The molecule has 9 nitrogen and oxygen atoms in total. The molecule has 106 heavy (non-hydrogen) atoms. The predicted molar refractivity (Wildman–Crippen MR) is 32.5 cm³/mol. The van der Waals surface area contributed by atoms with Gasteiger partial charge in [-0.3, -0.25) is 0 Å². The second-order valence-corrected chi connectivity index (χ2v) is 0. The van der Waals surface area contributed by atoms with Gasteiger partial charge in [-0.05, 0) is 0 Å². The number of rotatable bonds is 0. The van der Waals surface area contributed by atoms with Gasteiger partial charge in [0.25, 0.3) is 0 Å². The number of hydrogen-bond donors (Lipinski definition) is 0. The quantitative estimate of drug-likeness (QED) is 0.205. The minimum Gasteiger partial charge on any atom is -0.412 e. The molecule has 0 aliphatic heterocycles. The van der Waals surface area contributed by atoms with E-state index in [0.29, 0.717) is 0 Å². The van der Waals surface area contributed by atoms with E-state index >= 15 is 0 Å². The zero-order valence-corrected chi connectivity index (χ0v) is 296. The summed E-state index contributed by atoms with van der Waals surface area (Å²) in [7, 11) is 0. The van der Waals surface area contributed by atoms with Gasteiger partial charge in [0.15, 0.2) is 0 Å². The zero-order chi connectivity index (χ0) is 0. The Morgan fingerprint density at radius 2 is 0.0189 bits per heavy atom.